The number of thiocarbonyl (C=S) groups is 1. The number of morpholine rings is 1. The Bertz CT molecular complexity index is 257. The molecular weight excluding hydrogens is 220 g/mol. The predicted octanol–water partition coefficient (Wildman–Crippen LogP) is 1.55. The molecule has 0 bridgehead atoms. The van der Waals surface area contributed by atoms with Gasteiger partial charge in [0.1, 0.15) is 0 Å². The summed E-state index contributed by atoms with van der Waals surface area (Å²) >= 11 is 5.05. The Hall–Kier alpha value is -0.190. The maximum absolute atomic E-state index is 5.85. The summed E-state index contributed by atoms with van der Waals surface area (Å²) in [6, 6.07) is 0.610. The normalized spacial score (nSPS) is 33.1. The number of nitrogens with two attached hydrogens (primary N) is 1. The van der Waals surface area contributed by atoms with E-state index in [0.717, 1.165) is 19.7 Å². The summed E-state index contributed by atoms with van der Waals surface area (Å²) in [6.07, 6.45) is 5.61. The lowest BCUT2D eigenvalue weighted by molar-refractivity contribution is -0.0895. The van der Waals surface area contributed by atoms with Gasteiger partial charge in [0.25, 0.3) is 0 Å². The second-order valence-corrected chi connectivity index (χ2v) is 5.53. The van der Waals surface area contributed by atoms with Gasteiger partial charge in [-0.15, -0.1) is 0 Å². The van der Waals surface area contributed by atoms with Gasteiger partial charge in [0.2, 0.25) is 0 Å². The first-order chi connectivity index (χ1) is 7.68. The molecule has 1 saturated heterocycles. The smallest absolute Gasteiger partial charge is 0.0768 e. The van der Waals surface area contributed by atoms with Crippen LogP contribution in [0.15, 0.2) is 0 Å². The van der Waals surface area contributed by atoms with Gasteiger partial charge >= 0.3 is 0 Å². The summed E-state index contributed by atoms with van der Waals surface area (Å²) in [6.45, 7) is 5.02. The van der Waals surface area contributed by atoms with Gasteiger partial charge in [-0.1, -0.05) is 32.0 Å². The molecule has 2 N–H and O–H groups in total. The van der Waals surface area contributed by atoms with E-state index in [1.807, 2.05) is 0 Å². The lowest BCUT2D eigenvalue weighted by Gasteiger charge is -2.44. The molecular formula is C12H22N2OS. The first-order valence-corrected chi connectivity index (χ1v) is 6.74. The van der Waals surface area contributed by atoms with Crippen molar-refractivity contribution in [3.63, 3.8) is 0 Å². The first-order valence-electron chi connectivity index (χ1n) is 6.33. The van der Waals surface area contributed by atoms with Crippen LogP contribution in [0.2, 0.25) is 0 Å². The molecule has 1 saturated carbocycles. The summed E-state index contributed by atoms with van der Waals surface area (Å²) in [5.41, 5.74) is 5.69. The number of nitrogens with zero attached hydrogens (tertiary/aromatic N) is 1. The third-order valence-electron chi connectivity index (χ3n) is 3.84. The van der Waals surface area contributed by atoms with Crippen LogP contribution in [0.25, 0.3) is 0 Å². The van der Waals surface area contributed by atoms with E-state index in [0.29, 0.717) is 23.1 Å². The molecule has 1 aliphatic carbocycles. The highest BCUT2D eigenvalue weighted by Crippen LogP contribution is 2.28. The molecule has 0 amide bonds. The fraction of sp³-hybridized carbons (Fsp3) is 0.917. The minimum Gasteiger partial charge on any atom is -0.393 e. The van der Waals surface area contributed by atoms with Gasteiger partial charge in [0.05, 0.1) is 17.7 Å². The Labute approximate surface area is 103 Å². The van der Waals surface area contributed by atoms with Crippen molar-refractivity contribution in [2.24, 2.45) is 11.7 Å². The van der Waals surface area contributed by atoms with Gasteiger partial charge in [0, 0.05) is 25.0 Å². The number of hydrogen-bond acceptors (Lipinski definition) is 3. The molecule has 92 valence electrons. The third kappa shape index (κ3) is 2.73. The molecule has 4 heteroatoms. The first kappa shape index (κ1) is 12.3. The molecule has 2 fully saturated rings. The second-order valence-electron chi connectivity index (χ2n) is 5.06. The maximum atomic E-state index is 5.85. The summed E-state index contributed by atoms with van der Waals surface area (Å²) in [7, 11) is 0. The standard InChI is InChI=1S/C12H22N2OS/c1-9(12(13)16)8-14-6-7-15-11-5-3-2-4-10(11)14/h9-11H,2-8H2,1H3,(H2,13,16). The molecule has 1 heterocycles. The lowest BCUT2D eigenvalue weighted by Crippen LogP contribution is -2.54. The Morgan fingerprint density at radius 2 is 2.25 bits per heavy atom. The van der Waals surface area contributed by atoms with Crippen molar-refractivity contribution in [3.8, 4) is 0 Å². The van der Waals surface area contributed by atoms with Crippen LogP contribution in [0.3, 0.4) is 0 Å². The molecule has 16 heavy (non-hydrogen) atoms. The molecule has 2 aliphatic rings. The van der Waals surface area contributed by atoms with Crippen molar-refractivity contribution in [2.75, 3.05) is 19.7 Å². The minimum atomic E-state index is 0.315. The largest absolute Gasteiger partial charge is 0.393 e. The van der Waals surface area contributed by atoms with E-state index >= 15 is 0 Å². The van der Waals surface area contributed by atoms with E-state index in [1.165, 1.54) is 25.7 Å². The van der Waals surface area contributed by atoms with Gasteiger partial charge in [-0.05, 0) is 12.8 Å². The van der Waals surface area contributed by atoms with Crippen molar-refractivity contribution in [1.29, 1.82) is 0 Å². The fourth-order valence-electron chi connectivity index (χ4n) is 2.84. The maximum Gasteiger partial charge on any atom is 0.0768 e. The number of fused-ring (bicyclic) bond motifs is 1. The summed E-state index contributed by atoms with van der Waals surface area (Å²) in [5.74, 6) is 0.315. The number of hydrogen-bond donors (Lipinski definition) is 1. The summed E-state index contributed by atoms with van der Waals surface area (Å²) < 4.78 is 5.85. The lowest BCUT2D eigenvalue weighted by atomic mass is 9.89. The Morgan fingerprint density at radius 3 is 3.00 bits per heavy atom. The van der Waals surface area contributed by atoms with Crippen LogP contribution in [-0.2, 0) is 4.74 Å². The third-order valence-corrected chi connectivity index (χ3v) is 4.24. The zero-order valence-corrected chi connectivity index (χ0v) is 10.8. The van der Waals surface area contributed by atoms with E-state index < -0.39 is 0 Å². The van der Waals surface area contributed by atoms with E-state index in [9.17, 15) is 0 Å². The molecule has 0 aromatic rings. The molecule has 3 unspecified atom stereocenters. The monoisotopic (exact) mass is 242 g/mol. The zero-order chi connectivity index (χ0) is 11.5. The average Bonchev–Trinajstić information content (AvgIpc) is 2.29. The van der Waals surface area contributed by atoms with Gasteiger partial charge < -0.3 is 10.5 Å². The van der Waals surface area contributed by atoms with Gasteiger partial charge in [-0.25, -0.2) is 0 Å². The van der Waals surface area contributed by atoms with Crippen molar-refractivity contribution in [2.45, 2.75) is 44.8 Å². The van der Waals surface area contributed by atoms with Crippen LogP contribution in [0, 0.1) is 5.92 Å². The van der Waals surface area contributed by atoms with Gasteiger partial charge in [-0.3, -0.25) is 4.90 Å². The molecule has 0 aromatic carbocycles. The quantitative estimate of drug-likeness (QED) is 0.762. The SMILES string of the molecule is CC(CN1CCOC2CCCCC21)C(N)=S. The Kier molecular flexibility index (Phi) is 4.16. The Morgan fingerprint density at radius 1 is 1.50 bits per heavy atom. The second kappa shape index (κ2) is 5.43. The van der Waals surface area contributed by atoms with E-state index in [-0.39, 0.29) is 0 Å². The van der Waals surface area contributed by atoms with Crippen LogP contribution < -0.4 is 5.73 Å². The Balaban J connectivity index is 1.94. The molecule has 1 aliphatic heterocycles. The summed E-state index contributed by atoms with van der Waals surface area (Å²) in [4.78, 5) is 3.18. The van der Waals surface area contributed by atoms with Gasteiger partial charge in [-0.2, -0.15) is 0 Å². The minimum absolute atomic E-state index is 0.315. The molecule has 3 nitrogen and oxygen atoms in total. The van der Waals surface area contributed by atoms with E-state index in [4.69, 9.17) is 22.7 Å². The van der Waals surface area contributed by atoms with E-state index in [2.05, 4.69) is 11.8 Å². The number of ether oxygens (including phenoxy) is 1. The summed E-state index contributed by atoms with van der Waals surface area (Å²) in [5, 5.41) is 0. The van der Waals surface area contributed by atoms with Gasteiger partial charge in [0.15, 0.2) is 0 Å². The topological polar surface area (TPSA) is 38.5 Å². The van der Waals surface area contributed by atoms with E-state index in [1.54, 1.807) is 0 Å². The molecule has 0 spiro atoms. The van der Waals surface area contributed by atoms with Crippen molar-refractivity contribution < 1.29 is 4.74 Å². The van der Waals surface area contributed by atoms with Crippen LogP contribution >= 0.6 is 12.2 Å². The highest BCUT2D eigenvalue weighted by molar-refractivity contribution is 7.80. The van der Waals surface area contributed by atoms with Crippen LogP contribution in [0.5, 0.6) is 0 Å². The molecule has 3 atom stereocenters. The zero-order valence-electron chi connectivity index (χ0n) is 10.0. The van der Waals surface area contributed by atoms with Crippen molar-refractivity contribution >= 4 is 17.2 Å². The van der Waals surface area contributed by atoms with Crippen LogP contribution in [0.4, 0.5) is 0 Å². The molecule has 2 rings (SSSR count). The van der Waals surface area contributed by atoms with Crippen LogP contribution in [0.1, 0.15) is 32.6 Å². The predicted molar refractivity (Wildman–Crippen MR) is 69.5 cm³/mol. The molecule has 0 radical (unpaired) electrons. The molecule has 0 aromatic heterocycles. The fourth-order valence-corrected chi connectivity index (χ4v) is 2.92. The number of rotatable bonds is 3. The highest BCUT2D eigenvalue weighted by atomic mass is 32.1. The van der Waals surface area contributed by atoms with Crippen LogP contribution in [-0.4, -0.2) is 41.7 Å². The average molecular weight is 242 g/mol. The van der Waals surface area contributed by atoms with Crippen molar-refractivity contribution in [3.05, 3.63) is 0 Å². The van der Waals surface area contributed by atoms with Crippen molar-refractivity contribution in [1.82, 2.24) is 4.90 Å². The highest BCUT2D eigenvalue weighted by Gasteiger charge is 2.34.